The van der Waals surface area contributed by atoms with Gasteiger partial charge in [-0.1, -0.05) is 0 Å². The van der Waals surface area contributed by atoms with Gasteiger partial charge in [-0.3, -0.25) is 9.59 Å². The van der Waals surface area contributed by atoms with Crippen LogP contribution in [0, 0.1) is 29.1 Å². The van der Waals surface area contributed by atoms with E-state index in [0.29, 0.717) is 32.5 Å². The number of alkyl halides is 1. The summed E-state index contributed by atoms with van der Waals surface area (Å²) in [5, 5.41) is 0. The monoisotopic (exact) mass is 351 g/mol. The Morgan fingerprint density at radius 1 is 1.08 bits per heavy atom. The second-order valence-corrected chi connectivity index (χ2v) is 9.24. The Hall–Kier alpha value is -1.13. The lowest BCUT2D eigenvalue weighted by Crippen LogP contribution is -2.49. The molecular weight excluding hydrogens is 321 g/mol. The van der Waals surface area contributed by atoms with Gasteiger partial charge in [0.25, 0.3) is 5.91 Å². The lowest BCUT2D eigenvalue weighted by atomic mass is 9.50. The molecule has 1 heterocycles. The van der Waals surface area contributed by atoms with Crippen LogP contribution < -0.4 is 0 Å². The normalized spacial score (nSPS) is 38.6. The zero-order chi connectivity index (χ0) is 17.6. The highest BCUT2D eigenvalue weighted by atomic mass is 19.1. The first kappa shape index (κ1) is 17.3. The number of hydrogen-bond donors (Lipinski definition) is 0. The van der Waals surface area contributed by atoms with Crippen molar-refractivity contribution in [2.24, 2.45) is 29.1 Å². The average Bonchev–Trinajstić information content (AvgIpc) is 2.58. The molecule has 25 heavy (non-hydrogen) atoms. The van der Waals surface area contributed by atoms with Crippen molar-refractivity contribution in [3.8, 4) is 0 Å². The fourth-order valence-electron chi connectivity index (χ4n) is 6.40. The minimum atomic E-state index is -1.46. The van der Waals surface area contributed by atoms with Gasteiger partial charge in [0.15, 0.2) is 6.17 Å². The van der Waals surface area contributed by atoms with Crippen LogP contribution in [0.25, 0.3) is 0 Å². The van der Waals surface area contributed by atoms with Crippen LogP contribution >= 0.6 is 0 Å². The van der Waals surface area contributed by atoms with Crippen molar-refractivity contribution in [1.82, 2.24) is 4.90 Å². The molecule has 5 aliphatic rings. The third kappa shape index (κ3) is 3.43. The molecular formula is C20H30FNO3. The summed E-state index contributed by atoms with van der Waals surface area (Å²) in [6.07, 6.45) is 7.65. The Morgan fingerprint density at radius 2 is 1.60 bits per heavy atom. The summed E-state index contributed by atoms with van der Waals surface area (Å²) in [6.45, 7) is 2.79. The highest BCUT2D eigenvalue weighted by molar-refractivity contribution is 5.81. The number of esters is 1. The van der Waals surface area contributed by atoms with Crippen LogP contribution in [0.15, 0.2) is 0 Å². The Morgan fingerprint density at radius 3 is 2.08 bits per heavy atom. The number of carbonyl (C=O) groups is 2. The topological polar surface area (TPSA) is 46.6 Å². The number of nitrogens with zero attached hydrogens (tertiary/aromatic N) is 1. The fraction of sp³-hybridized carbons (Fsp3) is 0.900. The zero-order valence-electron chi connectivity index (χ0n) is 15.2. The van der Waals surface area contributed by atoms with E-state index in [4.69, 9.17) is 4.74 Å². The molecule has 5 rings (SSSR count). The minimum Gasteiger partial charge on any atom is -0.465 e. The molecule has 5 fully saturated rings. The van der Waals surface area contributed by atoms with Crippen LogP contribution in [-0.4, -0.2) is 42.6 Å². The molecule has 4 aliphatic carbocycles. The number of piperidine rings is 1. The van der Waals surface area contributed by atoms with Crippen molar-refractivity contribution < 1.29 is 18.7 Å². The number of ether oxygens (including phenoxy) is 1. The maximum absolute atomic E-state index is 13.1. The van der Waals surface area contributed by atoms with Gasteiger partial charge in [0, 0.05) is 18.5 Å². The van der Waals surface area contributed by atoms with E-state index in [-0.39, 0.29) is 17.3 Å². The van der Waals surface area contributed by atoms with Gasteiger partial charge in [-0.05, 0) is 76.0 Å². The largest absolute Gasteiger partial charge is 0.465 e. The molecule has 1 amide bonds. The molecule has 1 aliphatic heterocycles. The molecule has 0 N–H and O–H groups in total. The molecule has 5 heteroatoms. The Bertz CT molecular complexity index is 504. The van der Waals surface area contributed by atoms with Gasteiger partial charge < -0.3 is 9.64 Å². The van der Waals surface area contributed by atoms with Crippen LogP contribution in [-0.2, 0) is 14.3 Å². The van der Waals surface area contributed by atoms with E-state index in [2.05, 4.69) is 0 Å². The van der Waals surface area contributed by atoms with E-state index in [0.717, 1.165) is 17.8 Å². The highest BCUT2D eigenvalue weighted by Gasteiger charge is 2.51. The third-order valence-corrected chi connectivity index (χ3v) is 7.17. The first-order valence-electron chi connectivity index (χ1n) is 10.0. The summed E-state index contributed by atoms with van der Waals surface area (Å²) in [7, 11) is 0. The summed E-state index contributed by atoms with van der Waals surface area (Å²) >= 11 is 0. The van der Waals surface area contributed by atoms with Gasteiger partial charge in [-0.25, -0.2) is 4.39 Å². The van der Waals surface area contributed by atoms with Crippen molar-refractivity contribution >= 4 is 11.9 Å². The average molecular weight is 351 g/mol. The minimum absolute atomic E-state index is 0.101. The van der Waals surface area contributed by atoms with Gasteiger partial charge in [0.1, 0.15) is 0 Å². The van der Waals surface area contributed by atoms with Crippen LogP contribution in [0.4, 0.5) is 4.39 Å². The van der Waals surface area contributed by atoms with Gasteiger partial charge in [0.05, 0.1) is 12.5 Å². The molecule has 0 aromatic heterocycles. The number of amides is 1. The molecule has 1 saturated heterocycles. The first-order valence-corrected chi connectivity index (χ1v) is 10.0. The maximum Gasteiger partial charge on any atom is 0.309 e. The second kappa shape index (κ2) is 6.55. The highest BCUT2D eigenvalue weighted by Crippen LogP contribution is 2.60. The number of likely N-dealkylation sites (tertiary alicyclic amines) is 1. The molecule has 0 aromatic rings. The van der Waals surface area contributed by atoms with E-state index in [9.17, 15) is 14.0 Å². The number of rotatable bonds is 4. The van der Waals surface area contributed by atoms with Crippen molar-refractivity contribution in [2.45, 2.75) is 64.5 Å². The predicted octanol–water partition coefficient (Wildman–Crippen LogP) is 3.34. The van der Waals surface area contributed by atoms with Gasteiger partial charge in [0.2, 0.25) is 0 Å². The molecule has 4 saturated carbocycles. The van der Waals surface area contributed by atoms with Gasteiger partial charge in [-0.2, -0.15) is 0 Å². The zero-order valence-corrected chi connectivity index (χ0v) is 15.2. The first-order chi connectivity index (χ1) is 11.9. The summed E-state index contributed by atoms with van der Waals surface area (Å²) in [5.74, 6) is 1.90. The standard InChI is InChI=1S/C20H30FNO3/c1-13(21)18(23)22-4-2-17(3-5-22)19(24)25-12-20-9-14-6-15(10-20)8-16(7-14)11-20/h13-17H,2-12H2,1H3. The molecule has 4 bridgehead atoms. The van der Waals surface area contributed by atoms with Gasteiger partial charge in [-0.15, -0.1) is 0 Å². The van der Waals surface area contributed by atoms with Crippen LogP contribution in [0.1, 0.15) is 58.3 Å². The van der Waals surface area contributed by atoms with Crippen molar-refractivity contribution in [3.05, 3.63) is 0 Å². The fourth-order valence-corrected chi connectivity index (χ4v) is 6.40. The van der Waals surface area contributed by atoms with Crippen molar-refractivity contribution in [3.63, 3.8) is 0 Å². The summed E-state index contributed by atoms with van der Waals surface area (Å²) in [5.41, 5.74) is 0.255. The summed E-state index contributed by atoms with van der Waals surface area (Å²) in [6, 6.07) is 0. The third-order valence-electron chi connectivity index (χ3n) is 7.17. The molecule has 1 unspecified atom stereocenters. The van der Waals surface area contributed by atoms with Crippen molar-refractivity contribution in [1.29, 1.82) is 0 Å². The van der Waals surface area contributed by atoms with Crippen molar-refractivity contribution in [2.75, 3.05) is 19.7 Å². The number of halogens is 1. The lowest BCUT2D eigenvalue weighted by molar-refractivity contribution is -0.162. The smallest absolute Gasteiger partial charge is 0.309 e. The molecule has 0 spiro atoms. The van der Waals surface area contributed by atoms with Gasteiger partial charge >= 0.3 is 5.97 Å². The van der Waals surface area contributed by atoms with Crippen LogP contribution in [0.3, 0.4) is 0 Å². The number of carbonyl (C=O) groups excluding carboxylic acids is 2. The molecule has 140 valence electrons. The SMILES string of the molecule is CC(F)C(=O)N1CCC(C(=O)OCC23CC4CC(CC(C4)C2)C3)CC1. The second-order valence-electron chi connectivity index (χ2n) is 9.24. The van der Waals surface area contributed by atoms with E-state index in [1.807, 2.05) is 0 Å². The quantitative estimate of drug-likeness (QED) is 0.730. The summed E-state index contributed by atoms with van der Waals surface area (Å²) < 4.78 is 18.9. The van der Waals surface area contributed by atoms with E-state index < -0.39 is 12.1 Å². The maximum atomic E-state index is 13.1. The van der Waals surface area contributed by atoms with E-state index >= 15 is 0 Å². The number of hydrogen-bond acceptors (Lipinski definition) is 3. The Labute approximate surface area is 149 Å². The summed E-state index contributed by atoms with van der Waals surface area (Å²) in [4.78, 5) is 25.7. The Balaban J connectivity index is 1.27. The Kier molecular flexibility index (Phi) is 4.53. The van der Waals surface area contributed by atoms with E-state index in [1.165, 1.54) is 50.3 Å². The van der Waals surface area contributed by atoms with E-state index in [1.54, 1.807) is 0 Å². The molecule has 0 radical (unpaired) electrons. The van der Waals surface area contributed by atoms with Crippen LogP contribution in [0.5, 0.6) is 0 Å². The molecule has 0 aromatic carbocycles. The molecule has 1 atom stereocenters. The lowest BCUT2D eigenvalue weighted by Gasteiger charge is -2.56. The van der Waals surface area contributed by atoms with Crippen LogP contribution in [0.2, 0.25) is 0 Å². The predicted molar refractivity (Wildman–Crippen MR) is 91.4 cm³/mol. The molecule has 4 nitrogen and oxygen atoms in total.